The highest BCUT2D eigenvalue weighted by atomic mass is 32.2. The zero-order chi connectivity index (χ0) is 45.0. The number of allylic oxidation sites excluding steroid dienone is 2. The van der Waals surface area contributed by atoms with Gasteiger partial charge in [-0.3, -0.25) is 23.9 Å². The third-order valence-corrected chi connectivity index (χ3v) is 15.9. The number of carbonyl (C=O) groups is 4. The number of fused-ring (bicyclic) bond motifs is 5. The zero-order valence-electron chi connectivity index (χ0n) is 35.8. The molecule has 2 aliphatic carbocycles. The molecular formula is C44H56F4N4O9S. The standard InChI is InChI=1S/C44H56F4N4O9S/c1-6-27-19-26(2)9-7-8-10-28-22-43(28,40(56)50-62(57,58)42(25-45)14-15-42)23-35(53)34-20-29(24-52(34)39(55)32(27)21-36(54)61-41(3,4)44(46,47)48)60-38-31-11-12-33-37(30(31)13-16-49-38)59-18-17-51(33)5/h8,10-13,16,26-29,32,34H,6-7,9,14-15,17-25H2,1-5H3,(H,50,56)/b10-8-/t26-,27+,28+,29+,32-,34-,43+/m0/s1. The molecule has 3 fully saturated rings. The number of hydrogen-bond donors (Lipinski definition) is 1. The average Bonchev–Trinajstić information content (AvgIpc) is 4.11. The third-order valence-electron chi connectivity index (χ3n) is 13.8. The van der Waals surface area contributed by atoms with E-state index < -0.39 is 105 Å². The Kier molecular flexibility index (Phi) is 12.4. The van der Waals surface area contributed by atoms with Crippen LogP contribution >= 0.6 is 0 Å². The van der Waals surface area contributed by atoms with Crippen molar-refractivity contribution < 1.29 is 59.4 Å². The summed E-state index contributed by atoms with van der Waals surface area (Å²) < 4.78 is 100. The minimum atomic E-state index is -4.89. The monoisotopic (exact) mass is 892 g/mol. The fraction of sp³-hybridized carbons (Fsp3) is 0.659. The molecule has 0 unspecified atom stereocenters. The summed E-state index contributed by atoms with van der Waals surface area (Å²) in [5.74, 6) is -4.70. The Morgan fingerprint density at radius 2 is 1.84 bits per heavy atom. The Bertz CT molecular complexity index is 2230. The number of halogens is 4. The van der Waals surface area contributed by atoms with Crippen LogP contribution in [0.4, 0.5) is 23.2 Å². The zero-order valence-corrected chi connectivity index (χ0v) is 36.6. The lowest BCUT2D eigenvalue weighted by atomic mass is 9.79. The van der Waals surface area contributed by atoms with Crippen molar-refractivity contribution in [2.24, 2.45) is 29.1 Å². The minimum absolute atomic E-state index is 0.0143. The van der Waals surface area contributed by atoms with E-state index in [4.69, 9.17) is 14.2 Å². The summed E-state index contributed by atoms with van der Waals surface area (Å²) in [4.78, 5) is 65.2. The number of ether oxygens (including phenoxy) is 3. The van der Waals surface area contributed by atoms with Crippen LogP contribution in [0.5, 0.6) is 11.6 Å². The van der Waals surface area contributed by atoms with Gasteiger partial charge in [-0.1, -0.05) is 32.4 Å². The first-order valence-electron chi connectivity index (χ1n) is 21.5. The van der Waals surface area contributed by atoms with E-state index in [1.165, 1.54) is 4.90 Å². The Hall–Kier alpha value is -4.48. The summed E-state index contributed by atoms with van der Waals surface area (Å²) in [6.07, 6.45) is 0.547. The number of Topliss-reactive ketones (excluding diaryl/α,β-unsaturated/α-hetero) is 1. The summed E-state index contributed by atoms with van der Waals surface area (Å²) in [7, 11) is -2.47. The molecule has 3 aliphatic heterocycles. The molecule has 2 saturated carbocycles. The Balaban J connectivity index is 1.24. The van der Waals surface area contributed by atoms with Gasteiger partial charge in [0.1, 0.15) is 24.1 Å². The Morgan fingerprint density at radius 1 is 1.10 bits per heavy atom. The van der Waals surface area contributed by atoms with Gasteiger partial charge in [0.05, 0.1) is 42.6 Å². The molecule has 7 atom stereocenters. The van der Waals surface area contributed by atoms with Crippen molar-refractivity contribution in [1.29, 1.82) is 0 Å². The largest absolute Gasteiger partial charge is 0.489 e. The van der Waals surface area contributed by atoms with Gasteiger partial charge < -0.3 is 24.0 Å². The molecule has 0 spiro atoms. The maximum absolute atomic E-state index is 15.1. The molecule has 62 heavy (non-hydrogen) atoms. The predicted molar refractivity (Wildman–Crippen MR) is 220 cm³/mol. The number of nitrogens with zero attached hydrogens (tertiary/aromatic N) is 3. The van der Waals surface area contributed by atoms with Gasteiger partial charge in [0, 0.05) is 36.9 Å². The van der Waals surface area contributed by atoms with E-state index in [0.29, 0.717) is 50.0 Å². The van der Waals surface area contributed by atoms with Crippen LogP contribution in [0.15, 0.2) is 36.5 Å². The second kappa shape index (κ2) is 16.9. The van der Waals surface area contributed by atoms with Gasteiger partial charge in [-0.25, -0.2) is 17.8 Å². The van der Waals surface area contributed by atoms with Crippen LogP contribution < -0.4 is 19.1 Å². The summed E-state index contributed by atoms with van der Waals surface area (Å²) in [5.41, 5.74) is -3.46. The molecule has 5 aliphatic rings. The number of hydrogen-bond acceptors (Lipinski definition) is 11. The number of amides is 2. The molecule has 7 rings (SSSR count). The number of sulfonamides is 1. The number of esters is 1. The molecule has 340 valence electrons. The molecule has 18 heteroatoms. The van der Waals surface area contributed by atoms with Crippen LogP contribution in [0.1, 0.15) is 91.9 Å². The summed E-state index contributed by atoms with van der Waals surface area (Å²) in [5, 5.41) is 1.35. The quantitative estimate of drug-likeness (QED) is 0.155. The molecule has 1 saturated heterocycles. The minimum Gasteiger partial charge on any atom is -0.489 e. The molecule has 1 aromatic carbocycles. The first-order chi connectivity index (χ1) is 29.2. The van der Waals surface area contributed by atoms with Crippen LogP contribution in [0, 0.1) is 29.1 Å². The number of alkyl halides is 4. The Labute approximate surface area is 359 Å². The lowest BCUT2D eigenvalue weighted by Crippen LogP contribution is -2.49. The van der Waals surface area contributed by atoms with E-state index in [1.807, 2.05) is 45.2 Å². The Morgan fingerprint density at radius 3 is 2.52 bits per heavy atom. The van der Waals surface area contributed by atoms with Gasteiger partial charge in [-0.05, 0) is 88.3 Å². The summed E-state index contributed by atoms with van der Waals surface area (Å²) >= 11 is 0. The molecule has 2 aromatic rings. The molecule has 0 radical (unpaired) electrons. The maximum atomic E-state index is 15.1. The van der Waals surface area contributed by atoms with Crippen LogP contribution in [-0.2, 0) is 33.9 Å². The fourth-order valence-corrected chi connectivity index (χ4v) is 10.8. The number of carbonyl (C=O) groups excluding carboxylic acids is 4. The predicted octanol–water partition coefficient (Wildman–Crippen LogP) is 6.62. The maximum Gasteiger partial charge on any atom is 0.427 e. The van der Waals surface area contributed by atoms with E-state index in [2.05, 4.69) is 14.6 Å². The van der Waals surface area contributed by atoms with E-state index in [-0.39, 0.29) is 44.0 Å². The summed E-state index contributed by atoms with van der Waals surface area (Å²) in [6.45, 7) is 5.10. The molecule has 0 bridgehead atoms. The lowest BCUT2D eigenvalue weighted by Gasteiger charge is -2.34. The van der Waals surface area contributed by atoms with Gasteiger partial charge in [0.25, 0.3) is 0 Å². The number of ketones is 1. The average molecular weight is 893 g/mol. The molecule has 13 nitrogen and oxygen atoms in total. The summed E-state index contributed by atoms with van der Waals surface area (Å²) in [6, 6.07) is 4.29. The SMILES string of the molecule is CC[C@@H]1C[C@@H](C)CC/C=C\[C@@H]2C[C@@]2(C(=O)NS(=O)(=O)C2(CF)CC2)CC(=O)[C@@H]2C[C@@H](Oc3nccc4c5c(ccc34)N(C)CCO5)CN2C(=O)[C@H]1CC(=O)OC(C)(C)C(F)(F)F. The van der Waals surface area contributed by atoms with Crippen LogP contribution in [0.2, 0.25) is 0 Å². The molecule has 4 heterocycles. The highest BCUT2D eigenvalue weighted by molar-refractivity contribution is 7.91. The third kappa shape index (κ3) is 8.73. The highest BCUT2D eigenvalue weighted by Crippen LogP contribution is 2.58. The molecule has 2 amide bonds. The van der Waals surface area contributed by atoms with Crippen molar-refractivity contribution in [3.8, 4) is 11.6 Å². The van der Waals surface area contributed by atoms with Crippen molar-refractivity contribution in [3.63, 3.8) is 0 Å². The second-order valence-corrected chi connectivity index (χ2v) is 20.6. The number of nitrogens with one attached hydrogen (secondary N) is 1. The van der Waals surface area contributed by atoms with Gasteiger partial charge in [0.2, 0.25) is 33.3 Å². The number of rotatable bonds is 10. The number of pyridine rings is 1. The first-order valence-corrected chi connectivity index (χ1v) is 23.0. The van der Waals surface area contributed by atoms with Crippen LogP contribution in [0.25, 0.3) is 10.8 Å². The lowest BCUT2D eigenvalue weighted by molar-refractivity contribution is -0.257. The van der Waals surface area contributed by atoms with Gasteiger partial charge in [-0.15, -0.1) is 0 Å². The van der Waals surface area contributed by atoms with Crippen LogP contribution in [-0.4, -0.2) is 104 Å². The van der Waals surface area contributed by atoms with Crippen molar-refractivity contribution in [1.82, 2.24) is 14.6 Å². The molecular weight excluding hydrogens is 837 g/mol. The smallest absolute Gasteiger partial charge is 0.427 e. The van der Waals surface area contributed by atoms with Crippen LogP contribution in [0.3, 0.4) is 0 Å². The fourth-order valence-electron chi connectivity index (χ4n) is 9.36. The van der Waals surface area contributed by atoms with Crippen molar-refractivity contribution in [3.05, 3.63) is 36.5 Å². The van der Waals surface area contributed by atoms with E-state index >= 15 is 4.79 Å². The van der Waals surface area contributed by atoms with E-state index in [1.54, 1.807) is 12.3 Å². The topological polar surface area (TPSA) is 162 Å². The number of likely N-dealkylation sites (N-methyl/N-ethyl adjacent to an activating group) is 1. The molecule has 1 aromatic heterocycles. The molecule has 1 N–H and O–H groups in total. The van der Waals surface area contributed by atoms with Crippen molar-refractivity contribution >= 4 is 50.1 Å². The van der Waals surface area contributed by atoms with Gasteiger partial charge in [0.15, 0.2) is 11.5 Å². The normalized spacial score (nSPS) is 29.6. The van der Waals surface area contributed by atoms with Crippen molar-refractivity contribution in [2.75, 3.05) is 38.3 Å². The van der Waals surface area contributed by atoms with E-state index in [0.717, 1.165) is 24.9 Å². The van der Waals surface area contributed by atoms with Gasteiger partial charge in [-0.2, -0.15) is 13.2 Å². The highest BCUT2D eigenvalue weighted by Gasteiger charge is 2.64. The number of benzene rings is 1. The first kappa shape index (κ1) is 45.5. The van der Waals surface area contributed by atoms with Gasteiger partial charge >= 0.3 is 12.1 Å². The van der Waals surface area contributed by atoms with Crippen molar-refractivity contribution in [2.45, 2.75) is 121 Å². The second-order valence-electron chi connectivity index (χ2n) is 18.5. The number of anilines is 1. The number of aromatic nitrogens is 1. The van der Waals surface area contributed by atoms with E-state index in [9.17, 15) is 40.4 Å².